The van der Waals surface area contributed by atoms with Gasteiger partial charge in [-0.15, -0.1) is 0 Å². The largest absolute Gasteiger partial charge is 0.463 e. The summed E-state index contributed by atoms with van der Waals surface area (Å²) in [4.78, 5) is 31.0. The SMILES string of the molecule is CN(C)CCCN(CCCN(C)C)C(=O)NCCCCCCCC(=O)OCCOCCC[Si](C)(C)O[Si](C)(C)O[Si](C)(C)C. The fourth-order valence-electron chi connectivity index (χ4n) is 5.17. The van der Waals surface area contributed by atoms with Gasteiger partial charge in [0.1, 0.15) is 6.61 Å². The van der Waals surface area contributed by atoms with Gasteiger partial charge in [-0.25, -0.2) is 4.79 Å². The van der Waals surface area contributed by atoms with Crippen molar-refractivity contribution in [1.82, 2.24) is 20.0 Å². The third-order valence-electron chi connectivity index (χ3n) is 6.82. The molecule has 44 heavy (non-hydrogen) atoms. The number of unbranched alkanes of at least 4 members (excludes halogenated alkanes) is 4. The molecule has 0 unspecified atom stereocenters. The van der Waals surface area contributed by atoms with E-state index in [4.69, 9.17) is 17.7 Å². The smallest absolute Gasteiger partial charge is 0.317 e. The Balaban J connectivity index is 3.89. The van der Waals surface area contributed by atoms with Crippen molar-refractivity contribution in [2.45, 2.75) is 110 Å². The van der Waals surface area contributed by atoms with Crippen LogP contribution in [0.3, 0.4) is 0 Å². The number of hydrogen-bond acceptors (Lipinski definition) is 8. The monoisotopic (exact) mass is 678 g/mol. The lowest BCUT2D eigenvalue weighted by molar-refractivity contribution is -0.145. The molecular formula is C31H70N4O6Si3. The number of hydrogen-bond donors (Lipinski definition) is 1. The molecule has 0 heterocycles. The molecule has 0 aromatic rings. The first-order valence-electron chi connectivity index (χ1n) is 16.9. The van der Waals surface area contributed by atoms with Crippen LogP contribution in [0.2, 0.25) is 51.9 Å². The van der Waals surface area contributed by atoms with Crippen LogP contribution >= 0.6 is 0 Å². The Kier molecular flexibility index (Phi) is 23.1. The van der Waals surface area contributed by atoms with Gasteiger partial charge in [0.2, 0.25) is 0 Å². The topological polar surface area (TPSA) is 92.8 Å². The molecule has 0 radical (unpaired) electrons. The molecule has 0 atom stereocenters. The van der Waals surface area contributed by atoms with Gasteiger partial charge in [0.25, 0.3) is 0 Å². The number of urea groups is 1. The summed E-state index contributed by atoms with van der Waals surface area (Å²) in [5, 5.41) is 3.10. The van der Waals surface area contributed by atoms with Crippen molar-refractivity contribution in [2.24, 2.45) is 0 Å². The van der Waals surface area contributed by atoms with Crippen LogP contribution in [0.15, 0.2) is 0 Å². The van der Waals surface area contributed by atoms with Crippen LogP contribution in [0, 0.1) is 0 Å². The molecule has 0 saturated heterocycles. The molecule has 0 aliphatic heterocycles. The van der Waals surface area contributed by atoms with Gasteiger partial charge in [-0.1, -0.05) is 19.3 Å². The molecule has 0 aromatic heterocycles. The standard InChI is InChI=1S/C31H70N4O6Si3/c1-33(2)22-17-24-35(25-18-23-34(3)4)31(37)32-21-16-14-12-13-15-20-30(36)39-28-27-38-26-19-29-43(8,9)41-44(10,11)40-42(5,6)7/h12-29H2,1-11H3,(H,32,37). The zero-order valence-electron chi connectivity index (χ0n) is 30.5. The summed E-state index contributed by atoms with van der Waals surface area (Å²) in [5.41, 5.74) is 0. The van der Waals surface area contributed by atoms with Crippen LogP contribution in [0.1, 0.15) is 57.8 Å². The molecular weight excluding hydrogens is 609 g/mol. The van der Waals surface area contributed by atoms with Crippen molar-refractivity contribution in [3.8, 4) is 0 Å². The highest BCUT2D eigenvalue weighted by atomic mass is 28.5. The molecule has 2 amide bonds. The summed E-state index contributed by atoms with van der Waals surface area (Å²) < 4.78 is 23.9. The first-order valence-corrected chi connectivity index (χ1v) is 26.2. The molecule has 0 fully saturated rings. The molecule has 0 spiro atoms. The second-order valence-corrected chi connectivity index (χ2v) is 27.1. The normalized spacial score (nSPS) is 12.7. The van der Waals surface area contributed by atoms with Gasteiger partial charge < -0.3 is 37.7 Å². The minimum Gasteiger partial charge on any atom is -0.463 e. The van der Waals surface area contributed by atoms with Gasteiger partial charge in [-0.2, -0.15) is 0 Å². The second-order valence-electron chi connectivity index (χ2n) is 14.5. The number of nitrogens with zero attached hydrogens (tertiary/aromatic N) is 3. The Hall–Kier alpha value is -0.809. The average molecular weight is 679 g/mol. The molecule has 0 rings (SSSR count). The van der Waals surface area contributed by atoms with Crippen LogP contribution in [0.25, 0.3) is 0 Å². The van der Waals surface area contributed by atoms with Crippen LogP contribution in [0.4, 0.5) is 4.79 Å². The van der Waals surface area contributed by atoms with Gasteiger partial charge in [0.15, 0.2) is 16.6 Å². The van der Waals surface area contributed by atoms with E-state index in [1.165, 1.54) is 0 Å². The van der Waals surface area contributed by atoms with Crippen molar-refractivity contribution < 1.29 is 27.3 Å². The Morgan fingerprint density at radius 2 is 1.20 bits per heavy atom. The number of ether oxygens (including phenoxy) is 2. The van der Waals surface area contributed by atoms with E-state index in [2.05, 4.69) is 89.1 Å². The van der Waals surface area contributed by atoms with Crippen LogP contribution < -0.4 is 5.32 Å². The molecule has 0 saturated carbocycles. The first kappa shape index (κ1) is 43.2. The number of amides is 2. The van der Waals surface area contributed by atoms with Gasteiger partial charge in [0, 0.05) is 32.7 Å². The lowest BCUT2D eigenvalue weighted by Crippen LogP contribution is -2.51. The average Bonchev–Trinajstić information content (AvgIpc) is 2.86. The van der Waals surface area contributed by atoms with Crippen molar-refractivity contribution in [3.05, 3.63) is 0 Å². The minimum atomic E-state index is -2.11. The van der Waals surface area contributed by atoms with E-state index in [-0.39, 0.29) is 12.0 Å². The van der Waals surface area contributed by atoms with E-state index in [0.29, 0.717) is 32.8 Å². The molecule has 0 aliphatic rings. The third kappa shape index (κ3) is 27.5. The number of nitrogens with one attached hydrogen (secondary N) is 1. The third-order valence-corrected chi connectivity index (χ3v) is 17.0. The highest BCUT2D eigenvalue weighted by Gasteiger charge is 2.37. The van der Waals surface area contributed by atoms with Crippen molar-refractivity contribution in [1.29, 1.82) is 0 Å². The maximum Gasteiger partial charge on any atom is 0.317 e. The fraction of sp³-hybridized carbons (Fsp3) is 0.935. The van der Waals surface area contributed by atoms with Gasteiger partial charge >= 0.3 is 20.6 Å². The van der Waals surface area contributed by atoms with Crippen LogP contribution in [-0.2, 0) is 22.5 Å². The molecule has 1 N–H and O–H groups in total. The van der Waals surface area contributed by atoms with Crippen molar-refractivity contribution in [2.75, 3.05) is 80.7 Å². The van der Waals surface area contributed by atoms with Crippen molar-refractivity contribution in [3.63, 3.8) is 0 Å². The maximum absolute atomic E-state index is 12.7. The van der Waals surface area contributed by atoms with E-state index in [1.54, 1.807) is 0 Å². The van der Waals surface area contributed by atoms with Gasteiger partial charge in [-0.3, -0.25) is 4.79 Å². The number of carbonyl (C=O) groups excluding carboxylic acids is 2. The Bertz CT molecular complexity index is 753. The van der Waals surface area contributed by atoms with Crippen LogP contribution in [0.5, 0.6) is 0 Å². The molecule has 262 valence electrons. The zero-order chi connectivity index (χ0) is 33.7. The fourth-order valence-corrected chi connectivity index (χ4v) is 18.3. The van der Waals surface area contributed by atoms with Gasteiger partial charge in [-0.05, 0) is 125 Å². The summed E-state index contributed by atoms with van der Waals surface area (Å²) in [6.07, 6.45) is 8.21. The zero-order valence-corrected chi connectivity index (χ0v) is 33.5. The predicted molar refractivity (Wildman–Crippen MR) is 191 cm³/mol. The van der Waals surface area contributed by atoms with Crippen molar-refractivity contribution >= 4 is 37.2 Å². The molecule has 0 bridgehead atoms. The summed E-state index contributed by atoms with van der Waals surface area (Å²) in [6.45, 7) is 21.1. The highest BCUT2D eigenvalue weighted by molar-refractivity contribution is 6.87. The number of carbonyl (C=O) groups is 2. The lowest BCUT2D eigenvalue weighted by Gasteiger charge is -2.37. The Labute approximate surface area is 274 Å². The predicted octanol–water partition coefficient (Wildman–Crippen LogP) is 5.97. The lowest BCUT2D eigenvalue weighted by atomic mass is 10.1. The second kappa shape index (κ2) is 23.5. The summed E-state index contributed by atoms with van der Waals surface area (Å²) in [5.74, 6) is -0.152. The number of esters is 1. The van der Waals surface area contributed by atoms with E-state index < -0.39 is 25.2 Å². The molecule has 0 aromatic carbocycles. The van der Waals surface area contributed by atoms with E-state index >= 15 is 0 Å². The summed E-state index contributed by atoms with van der Waals surface area (Å²) in [7, 11) is 2.71. The Morgan fingerprint density at radius 3 is 1.77 bits per heavy atom. The molecule has 13 heteroatoms. The quantitative estimate of drug-likeness (QED) is 0.0646. The Morgan fingerprint density at radius 1 is 0.636 bits per heavy atom. The minimum absolute atomic E-state index is 0.0439. The van der Waals surface area contributed by atoms with E-state index in [9.17, 15) is 9.59 Å². The summed E-state index contributed by atoms with van der Waals surface area (Å²) in [6, 6.07) is 1.07. The van der Waals surface area contributed by atoms with E-state index in [0.717, 1.165) is 83.6 Å². The maximum atomic E-state index is 12.7. The molecule has 10 nitrogen and oxygen atoms in total. The molecule has 0 aliphatic carbocycles. The highest BCUT2D eigenvalue weighted by Crippen LogP contribution is 2.23. The first-order chi connectivity index (χ1) is 20.4. The van der Waals surface area contributed by atoms with Gasteiger partial charge in [0.05, 0.1) is 6.61 Å². The summed E-state index contributed by atoms with van der Waals surface area (Å²) >= 11 is 0. The van der Waals surface area contributed by atoms with Crippen LogP contribution in [-0.4, -0.2) is 133 Å². The van der Waals surface area contributed by atoms with E-state index in [1.807, 2.05) is 4.90 Å². The number of rotatable bonds is 27.